The molecule has 5 aromatic heterocycles. The maximum atomic E-state index is 4.99. The second-order valence-electron chi connectivity index (χ2n) is 9.55. The topological polar surface area (TPSA) is 92.9 Å². The molecule has 0 aromatic carbocycles. The summed E-state index contributed by atoms with van der Waals surface area (Å²) in [6.07, 6.45) is 5.64. The quantitative estimate of drug-likeness (QED) is 0.409. The molecule has 0 saturated carbocycles. The number of likely N-dealkylation sites (N-methyl/N-ethyl adjacent to an activating group) is 1. The van der Waals surface area contributed by atoms with E-state index in [0.717, 1.165) is 83.0 Å². The normalized spacial score (nSPS) is 15.0. The Morgan fingerprint density at radius 2 is 1.89 bits per heavy atom. The van der Waals surface area contributed by atoms with Crippen molar-refractivity contribution in [1.82, 2.24) is 39.9 Å². The van der Waals surface area contributed by atoms with E-state index in [1.54, 1.807) is 0 Å². The predicted molar refractivity (Wildman–Crippen MR) is 139 cm³/mol. The van der Waals surface area contributed by atoms with Crippen molar-refractivity contribution < 1.29 is 0 Å². The molecule has 1 aliphatic rings. The van der Waals surface area contributed by atoms with Gasteiger partial charge in [0.2, 0.25) is 0 Å². The molecule has 0 atom stereocenters. The first-order valence-corrected chi connectivity index (χ1v) is 11.9. The Hall–Kier alpha value is -3.82. The van der Waals surface area contributed by atoms with Gasteiger partial charge in [-0.2, -0.15) is 5.10 Å². The van der Waals surface area contributed by atoms with Crippen molar-refractivity contribution in [3.05, 3.63) is 54.5 Å². The van der Waals surface area contributed by atoms with Gasteiger partial charge >= 0.3 is 0 Å². The molecule has 35 heavy (non-hydrogen) atoms. The van der Waals surface area contributed by atoms with Crippen LogP contribution >= 0.6 is 0 Å². The highest BCUT2D eigenvalue weighted by Gasteiger charge is 2.20. The molecule has 178 valence electrons. The molecule has 0 radical (unpaired) electrons. The van der Waals surface area contributed by atoms with Gasteiger partial charge in [0.1, 0.15) is 16.9 Å². The number of H-pyrrole nitrogens is 2. The zero-order valence-corrected chi connectivity index (χ0v) is 20.3. The summed E-state index contributed by atoms with van der Waals surface area (Å²) < 4.78 is 0. The van der Waals surface area contributed by atoms with Crippen LogP contribution in [0.2, 0.25) is 0 Å². The monoisotopic (exact) mass is 467 g/mol. The van der Waals surface area contributed by atoms with Gasteiger partial charge in [0.05, 0.1) is 16.9 Å². The molecule has 1 aliphatic heterocycles. The van der Waals surface area contributed by atoms with Crippen molar-refractivity contribution in [2.45, 2.75) is 6.54 Å². The molecule has 9 heteroatoms. The number of nitrogens with one attached hydrogen (secondary N) is 2. The molecule has 0 aliphatic carbocycles. The van der Waals surface area contributed by atoms with Crippen molar-refractivity contribution in [2.24, 2.45) is 0 Å². The number of hydrogen-bond donors (Lipinski definition) is 2. The Morgan fingerprint density at radius 3 is 2.71 bits per heavy atom. The lowest BCUT2D eigenvalue weighted by Gasteiger charge is -2.34. The molecule has 0 unspecified atom stereocenters. The summed E-state index contributed by atoms with van der Waals surface area (Å²) in [5, 5.41) is 8.87. The molecule has 2 N–H and O–H groups in total. The number of aromatic nitrogens is 6. The van der Waals surface area contributed by atoms with Crippen LogP contribution in [0, 0.1) is 0 Å². The van der Waals surface area contributed by atoms with Gasteiger partial charge in [-0.25, -0.2) is 9.97 Å². The van der Waals surface area contributed by atoms with Crippen LogP contribution in [0.1, 0.15) is 5.56 Å². The number of rotatable bonds is 5. The Balaban J connectivity index is 1.39. The minimum Gasteiger partial charge on any atom is -0.368 e. The zero-order valence-electron chi connectivity index (χ0n) is 20.3. The molecule has 6 heterocycles. The lowest BCUT2D eigenvalue weighted by atomic mass is 10.1. The molecule has 1 fully saturated rings. The molecular weight excluding hydrogens is 438 g/mol. The second kappa shape index (κ2) is 8.75. The predicted octanol–water partition coefficient (Wildman–Crippen LogP) is 3.38. The third-order valence-electron chi connectivity index (χ3n) is 6.61. The number of nitrogens with zero attached hydrogens (tertiary/aromatic N) is 7. The van der Waals surface area contributed by atoms with Crippen molar-refractivity contribution in [3.63, 3.8) is 0 Å². The zero-order chi connectivity index (χ0) is 23.9. The van der Waals surface area contributed by atoms with E-state index in [-0.39, 0.29) is 0 Å². The Labute approximate surface area is 203 Å². The fourth-order valence-corrected chi connectivity index (χ4v) is 4.79. The van der Waals surface area contributed by atoms with Gasteiger partial charge < -0.3 is 19.7 Å². The molecule has 6 rings (SSSR count). The summed E-state index contributed by atoms with van der Waals surface area (Å²) in [5.41, 5.74) is 8.52. The number of fused-ring (bicyclic) bond motifs is 2. The molecule has 0 spiro atoms. The highest BCUT2D eigenvalue weighted by atomic mass is 15.2. The third kappa shape index (κ3) is 4.13. The molecule has 5 aromatic rings. The van der Waals surface area contributed by atoms with Gasteiger partial charge in [-0.3, -0.25) is 10.1 Å². The van der Waals surface area contributed by atoms with Crippen LogP contribution in [0.25, 0.3) is 44.7 Å². The smallest absolute Gasteiger partial charge is 0.139 e. The minimum atomic E-state index is 0.793. The van der Waals surface area contributed by atoms with Crippen molar-refractivity contribution in [3.8, 4) is 22.6 Å². The summed E-state index contributed by atoms with van der Waals surface area (Å²) in [5.74, 6) is 0. The first kappa shape index (κ1) is 21.7. The van der Waals surface area contributed by atoms with Gasteiger partial charge in [0.15, 0.2) is 0 Å². The maximum absolute atomic E-state index is 4.99. The van der Waals surface area contributed by atoms with E-state index in [9.17, 15) is 0 Å². The first-order chi connectivity index (χ1) is 17.0. The Morgan fingerprint density at radius 1 is 1.03 bits per heavy atom. The third-order valence-corrected chi connectivity index (χ3v) is 6.61. The average molecular weight is 468 g/mol. The lowest BCUT2D eigenvalue weighted by molar-refractivity contribution is 0.313. The van der Waals surface area contributed by atoms with Crippen LogP contribution < -0.4 is 4.90 Å². The minimum absolute atomic E-state index is 0.793. The number of hydrogen-bond acceptors (Lipinski definition) is 7. The van der Waals surface area contributed by atoms with Gasteiger partial charge in [-0.15, -0.1) is 0 Å². The SMILES string of the molecule is CN(C)Cc1cncc(-c2ccc3[nH]nc(-c4cc5c(N6CCN(C)CC6)ccnc5[nH]4)c3n2)c1. The largest absolute Gasteiger partial charge is 0.368 e. The number of anilines is 1. The van der Waals surface area contributed by atoms with E-state index in [1.165, 1.54) is 5.69 Å². The summed E-state index contributed by atoms with van der Waals surface area (Å²) in [6.45, 7) is 4.96. The number of aromatic amines is 2. The van der Waals surface area contributed by atoms with Gasteiger partial charge in [0, 0.05) is 68.0 Å². The van der Waals surface area contributed by atoms with Crippen molar-refractivity contribution in [2.75, 3.05) is 52.2 Å². The molecular formula is C26H29N9. The van der Waals surface area contributed by atoms with E-state index in [2.05, 4.69) is 79.2 Å². The summed E-state index contributed by atoms with van der Waals surface area (Å²) in [4.78, 5) is 24.4. The van der Waals surface area contributed by atoms with Crippen LogP contribution in [-0.4, -0.2) is 87.3 Å². The fourth-order valence-electron chi connectivity index (χ4n) is 4.79. The van der Waals surface area contributed by atoms with Crippen LogP contribution in [-0.2, 0) is 6.54 Å². The molecule has 9 nitrogen and oxygen atoms in total. The highest BCUT2D eigenvalue weighted by Crippen LogP contribution is 2.33. The van der Waals surface area contributed by atoms with Crippen molar-refractivity contribution in [1.29, 1.82) is 0 Å². The standard InChI is InChI=1S/C26H29N9/c1-33(2)16-17-12-18(15-27-14-17)20-4-5-21-24(29-20)25(32-31-21)22-13-19-23(6-7-28-26(19)30-22)35-10-8-34(3)9-11-35/h4-7,12-15H,8-11,16H2,1-3H3,(H,28,30)(H,31,32). The summed E-state index contributed by atoms with van der Waals surface area (Å²) in [7, 11) is 6.28. The van der Waals surface area contributed by atoms with Gasteiger partial charge in [0.25, 0.3) is 0 Å². The molecule has 0 amide bonds. The second-order valence-corrected chi connectivity index (χ2v) is 9.55. The summed E-state index contributed by atoms with van der Waals surface area (Å²) >= 11 is 0. The van der Waals surface area contributed by atoms with E-state index in [0.29, 0.717) is 0 Å². The van der Waals surface area contributed by atoms with Crippen LogP contribution in [0.15, 0.2) is 48.9 Å². The highest BCUT2D eigenvalue weighted by molar-refractivity contribution is 5.97. The van der Waals surface area contributed by atoms with E-state index in [1.807, 2.05) is 30.7 Å². The van der Waals surface area contributed by atoms with E-state index in [4.69, 9.17) is 4.98 Å². The first-order valence-electron chi connectivity index (χ1n) is 11.9. The Bertz CT molecular complexity index is 1490. The lowest BCUT2D eigenvalue weighted by Crippen LogP contribution is -2.44. The van der Waals surface area contributed by atoms with E-state index >= 15 is 0 Å². The fraction of sp³-hybridized carbons (Fsp3) is 0.308. The average Bonchev–Trinajstić information content (AvgIpc) is 3.48. The maximum Gasteiger partial charge on any atom is 0.139 e. The van der Waals surface area contributed by atoms with Crippen LogP contribution in [0.3, 0.4) is 0 Å². The van der Waals surface area contributed by atoms with Gasteiger partial charge in [-0.05, 0) is 57.0 Å². The Kier molecular flexibility index (Phi) is 5.43. The van der Waals surface area contributed by atoms with E-state index < -0.39 is 0 Å². The van der Waals surface area contributed by atoms with Gasteiger partial charge in [-0.1, -0.05) is 0 Å². The van der Waals surface area contributed by atoms with Crippen molar-refractivity contribution >= 4 is 27.8 Å². The van der Waals surface area contributed by atoms with Crippen LogP contribution in [0.5, 0.6) is 0 Å². The molecule has 0 bridgehead atoms. The summed E-state index contributed by atoms with van der Waals surface area (Å²) in [6, 6.07) is 10.5. The number of piperazine rings is 1. The van der Waals surface area contributed by atoms with Crippen LogP contribution in [0.4, 0.5) is 5.69 Å². The molecule has 1 saturated heterocycles. The number of pyridine rings is 3.